The lowest BCUT2D eigenvalue weighted by atomic mass is 9.98. The quantitative estimate of drug-likeness (QED) is 0.0811. The van der Waals surface area contributed by atoms with Gasteiger partial charge in [0.05, 0.1) is 6.54 Å². The summed E-state index contributed by atoms with van der Waals surface area (Å²) < 4.78 is 21.7. The topological polar surface area (TPSA) is 178 Å². The third-order valence-corrected chi connectivity index (χ3v) is 7.68. The van der Waals surface area contributed by atoms with Crippen LogP contribution >= 0.6 is 0 Å². The van der Waals surface area contributed by atoms with Gasteiger partial charge in [0.1, 0.15) is 17.8 Å². The molecule has 54 heavy (non-hydrogen) atoms. The largest absolute Gasteiger partial charge is 0.449 e. The first kappa shape index (κ1) is 40.8. The van der Waals surface area contributed by atoms with E-state index in [0.29, 0.717) is 0 Å². The van der Waals surface area contributed by atoms with Crippen LogP contribution in [-0.2, 0) is 19.0 Å². The minimum Gasteiger partial charge on any atom is -0.449 e. The zero-order chi connectivity index (χ0) is 39.5. The van der Waals surface area contributed by atoms with Crippen molar-refractivity contribution in [2.45, 2.75) is 84.5 Å². The molecule has 0 fully saturated rings. The number of rotatable bonds is 11. The number of ether oxygens (including phenoxy) is 3. The Morgan fingerprint density at radius 3 is 2.02 bits per heavy atom. The molecule has 5 amide bonds. The summed E-state index contributed by atoms with van der Waals surface area (Å²) in [4.78, 5) is 63.4. The number of carbonyl (C=O) groups is 5. The van der Waals surface area contributed by atoms with Crippen LogP contribution in [0.1, 0.15) is 94.7 Å². The first-order valence-corrected chi connectivity index (χ1v) is 17.7. The maximum atomic E-state index is 13.5. The predicted molar refractivity (Wildman–Crippen MR) is 200 cm³/mol. The first-order chi connectivity index (χ1) is 25.5. The molecule has 3 aromatic rings. The highest BCUT2D eigenvalue weighted by molar-refractivity contribution is 5.93. The molecule has 0 saturated heterocycles. The number of hydrazine groups is 1. The predicted octanol–water partition coefficient (Wildman–Crippen LogP) is 5.86. The van der Waals surface area contributed by atoms with Crippen molar-refractivity contribution in [3.63, 3.8) is 0 Å². The molecule has 1 aliphatic rings. The maximum Gasteiger partial charge on any atom is 0.408 e. The molecule has 0 saturated carbocycles. The first-order valence-electron chi connectivity index (χ1n) is 17.7. The number of fused-ring (bicyclic) bond motifs is 3. The zero-order valence-electron chi connectivity index (χ0n) is 31.8. The zero-order valence-corrected chi connectivity index (χ0v) is 31.8. The molecule has 1 atom stereocenters. The molecule has 4 rings (SSSR count). The number of benzene rings is 2. The van der Waals surface area contributed by atoms with E-state index in [2.05, 4.69) is 33.2 Å². The van der Waals surface area contributed by atoms with E-state index in [1.165, 1.54) is 12.1 Å². The average Bonchev–Trinajstić information content (AvgIpc) is 3.68. The van der Waals surface area contributed by atoms with Crippen molar-refractivity contribution in [2.75, 3.05) is 26.2 Å². The van der Waals surface area contributed by atoms with Gasteiger partial charge in [-0.25, -0.2) is 19.4 Å². The van der Waals surface area contributed by atoms with Gasteiger partial charge in [-0.1, -0.05) is 54.5 Å². The number of hydrogen-bond acceptors (Lipinski definition) is 9. The van der Waals surface area contributed by atoms with Gasteiger partial charge < -0.3 is 34.6 Å². The fourth-order valence-electron chi connectivity index (χ4n) is 5.53. The highest BCUT2D eigenvalue weighted by atomic mass is 16.6. The molecule has 4 N–H and O–H groups in total. The van der Waals surface area contributed by atoms with Crippen LogP contribution in [0.25, 0.3) is 11.1 Å². The van der Waals surface area contributed by atoms with Crippen LogP contribution in [0.2, 0.25) is 0 Å². The molecule has 2 aromatic carbocycles. The van der Waals surface area contributed by atoms with Crippen LogP contribution in [0.3, 0.4) is 0 Å². The van der Waals surface area contributed by atoms with E-state index in [4.69, 9.17) is 18.6 Å². The molecule has 1 aromatic heterocycles. The highest BCUT2D eigenvalue weighted by Gasteiger charge is 2.29. The Labute approximate surface area is 315 Å². The lowest BCUT2D eigenvalue weighted by molar-refractivity contribution is -0.125. The van der Waals surface area contributed by atoms with Crippen LogP contribution in [0.15, 0.2) is 65.1 Å². The van der Waals surface area contributed by atoms with E-state index in [1.807, 2.05) is 48.5 Å². The molecule has 0 spiro atoms. The van der Waals surface area contributed by atoms with Crippen molar-refractivity contribution in [1.29, 1.82) is 0 Å². The number of nitrogens with one attached hydrogen (secondary N) is 4. The van der Waals surface area contributed by atoms with Gasteiger partial charge in [-0.2, -0.15) is 0 Å². The van der Waals surface area contributed by atoms with Gasteiger partial charge in [0.2, 0.25) is 5.91 Å². The molecule has 14 nitrogen and oxygen atoms in total. The van der Waals surface area contributed by atoms with Gasteiger partial charge in [-0.05, 0) is 95.2 Å². The van der Waals surface area contributed by atoms with E-state index >= 15 is 0 Å². The molecule has 288 valence electrons. The van der Waals surface area contributed by atoms with Crippen LogP contribution in [-0.4, -0.2) is 78.6 Å². The van der Waals surface area contributed by atoms with E-state index in [1.54, 1.807) is 48.5 Å². The number of alkyl carbamates (subject to hydrolysis) is 3. The van der Waals surface area contributed by atoms with Crippen molar-refractivity contribution in [1.82, 2.24) is 26.4 Å². The monoisotopic (exact) mass is 743 g/mol. The van der Waals surface area contributed by atoms with E-state index in [9.17, 15) is 24.0 Å². The fraction of sp³-hybridized carbons (Fsp3) is 0.425. The van der Waals surface area contributed by atoms with Gasteiger partial charge in [-0.15, -0.1) is 0 Å². The maximum absolute atomic E-state index is 13.5. The smallest absolute Gasteiger partial charge is 0.408 e. The summed E-state index contributed by atoms with van der Waals surface area (Å²) in [7, 11) is 0. The van der Waals surface area contributed by atoms with Gasteiger partial charge in [-0.3, -0.25) is 15.0 Å². The van der Waals surface area contributed by atoms with E-state index < -0.39 is 47.3 Å². The number of amides is 5. The summed E-state index contributed by atoms with van der Waals surface area (Å²) in [5, 5.41) is 8.89. The molecule has 0 radical (unpaired) electrons. The minimum absolute atomic E-state index is 0.00389. The van der Waals surface area contributed by atoms with Gasteiger partial charge in [0, 0.05) is 31.5 Å². The summed E-state index contributed by atoms with van der Waals surface area (Å²) in [6, 6.07) is 18.3. The second-order valence-corrected chi connectivity index (χ2v) is 14.7. The Morgan fingerprint density at radius 1 is 0.815 bits per heavy atom. The lowest BCUT2D eigenvalue weighted by Crippen LogP contribution is -2.49. The van der Waals surface area contributed by atoms with E-state index in [-0.39, 0.29) is 56.5 Å². The van der Waals surface area contributed by atoms with Crippen molar-refractivity contribution in [3.8, 4) is 23.0 Å². The highest BCUT2D eigenvalue weighted by Crippen LogP contribution is 2.44. The van der Waals surface area contributed by atoms with Crippen molar-refractivity contribution in [3.05, 3.63) is 83.3 Å². The summed E-state index contributed by atoms with van der Waals surface area (Å²) >= 11 is 0. The summed E-state index contributed by atoms with van der Waals surface area (Å²) in [6.45, 7) is 12.3. The minimum atomic E-state index is -0.684. The number of hydrogen-bond donors (Lipinski definition) is 4. The Hall–Kier alpha value is -5.97. The SMILES string of the molecule is CC(CC(=O)NN(CCCNC(=O)OC(C)(C)C)C(=O)c1ccc(C#CCNC(=O)OC(C)(C)C)o1)NC(=O)OCC1c2ccccc2-c2ccccc21. The second kappa shape index (κ2) is 18.2. The van der Waals surface area contributed by atoms with Crippen molar-refractivity contribution < 1.29 is 42.6 Å². The van der Waals surface area contributed by atoms with Crippen LogP contribution in [0, 0.1) is 11.8 Å². The van der Waals surface area contributed by atoms with Crippen molar-refractivity contribution >= 4 is 30.1 Å². The number of carbonyl (C=O) groups excluding carboxylic acids is 5. The summed E-state index contributed by atoms with van der Waals surface area (Å²) in [6.07, 6.45) is -1.84. The molecule has 14 heteroatoms. The van der Waals surface area contributed by atoms with Gasteiger partial charge in [0.25, 0.3) is 0 Å². The molecular formula is C40H49N5O9. The molecule has 1 unspecified atom stereocenters. The molecule has 0 aliphatic heterocycles. The molecule has 0 bridgehead atoms. The summed E-state index contributed by atoms with van der Waals surface area (Å²) in [5.41, 5.74) is 5.63. The van der Waals surface area contributed by atoms with Crippen molar-refractivity contribution in [2.24, 2.45) is 0 Å². The number of nitrogens with zero attached hydrogens (tertiary/aromatic N) is 1. The van der Waals surface area contributed by atoms with Crippen LogP contribution in [0.4, 0.5) is 14.4 Å². The standard InChI is InChI=1S/C40H49N5O9/c1-26(43-38(50)51-25-32-30-17-10-8-15-28(30)29-16-9-11-18-31(29)32)24-34(46)44-45(23-13-22-42-37(49)54-40(5,6)7)35(47)33-20-19-27(52-33)14-12-21-41-36(48)53-39(2,3)4/h8-11,15-20,26,32H,13,21-25H2,1-7H3,(H,41,48)(H,42,49)(H,43,50)(H,44,46). The number of furan rings is 1. The van der Waals surface area contributed by atoms with Crippen LogP contribution in [0.5, 0.6) is 0 Å². The van der Waals surface area contributed by atoms with Crippen LogP contribution < -0.4 is 21.4 Å². The Bertz CT molecular complexity index is 1830. The Morgan fingerprint density at radius 2 is 1.41 bits per heavy atom. The third-order valence-electron chi connectivity index (χ3n) is 7.68. The van der Waals surface area contributed by atoms with Gasteiger partial charge >= 0.3 is 24.2 Å². The molecular weight excluding hydrogens is 694 g/mol. The molecule has 1 heterocycles. The lowest BCUT2D eigenvalue weighted by Gasteiger charge is -2.24. The fourth-order valence-corrected chi connectivity index (χ4v) is 5.53. The van der Waals surface area contributed by atoms with E-state index in [0.717, 1.165) is 27.3 Å². The average molecular weight is 744 g/mol. The molecule has 1 aliphatic carbocycles. The van der Waals surface area contributed by atoms with Gasteiger partial charge in [0.15, 0.2) is 11.5 Å². The third kappa shape index (κ3) is 12.6. The Kier molecular flexibility index (Phi) is 13.7. The normalized spacial score (nSPS) is 12.5. The second-order valence-electron chi connectivity index (χ2n) is 14.7. The summed E-state index contributed by atoms with van der Waals surface area (Å²) in [5.74, 6) is 4.15. The Balaban J connectivity index is 1.32.